The predicted octanol–water partition coefficient (Wildman–Crippen LogP) is 3.59. The molecule has 2 N–H and O–H groups in total. The molecule has 3 heteroatoms. The van der Waals surface area contributed by atoms with Crippen LogP contribution in [0.15, 0.2) is 30.5 Å². The van der Waals surface area contributed by atoms with E-state index in [-0.39, 0.29) is 6.03 Å². The Morgan fingerprint density at radius 2 is 2.00 bits per heavy atom. The van der Waals surface area contributed by atoms with Crippen LogP contribution in [0.3, 0.4) is 0 Å². The summed E-state index contributed by atoms with van der Waals surface area (Å²) >= 11 is 0. The van der Waals surface area contributed by atoms with E-state index in [0.29, 0.717) is 5.92 Å². The van der Waals surface area contributed by atoms with Crippen molar-refractivity contribution in [3.05, 3.63) is 41.6 Å². The van der Waals surface area contributed by atoms with Crippen molar-refractivity contribution in [3.8, 4) is 0 Å². The molecule has 1 aromatic carbocycles. The topological polar surface area (TPSA) is 41.1 Å². The second-order valence-electron chi connectivity index (χ2n) is 4.52. The molecule has 1 aromatic rings. The zero-order valence-electron chi connectivity index (χ0n) is 10.9. The van der Waals surface area contributed by atoms with E-state index in [1.807, 2.05) is 38.1 Å². The molecule has 0 atom stereocenters. The van der Waals surface area contributed by atoms with Crippen molar-refractivity contribution in [1.82, 2.24) is 5.32 Å². The van der Waals surface area contributed by atoms with Crippen molar-refractivity contribution in [2.24, 2.45) is 5.92 Å². The van der Waals surface area contributed by atoms with Gasteiger partial charge in [0.25, 0.3) is 0 Å². The van der Waals surface area contributed by atoms with Gasteiger partial charge in [-0.2, -0.15) is 0 Å². The molecule has 0 heterocycles. The molecule has 3 nitrogen and oxygen atoms in total. The number of hydrogen-bond donors (Lipinski definition) is 2. The van der Waals surface area contributed by atoms with Crippen LogP contribution in [0.4, 0.5) is 10.5 Å². The molecular weight excluding hydrogens is 212 g/mol. The van der Waals surface area contributed by atoms with E-state index in [9.17, 15) is 4.79 Å². The van der Waals surface area contributed by atoms with Gasteiger partial charge in [-0.1, -0.05) is 32.1 Å². The SMILES string of the molecule is Cc1ccc(C)c(NC(=O)N/C=C/C(C)C)c1. The van der Waals surface area contributed by atoms with Crippen LogP contribution >= 0.6 is 0 Å². The van der Waals surface area contributed by atoms with Gasteiger partial charge in [-0.15, -0.1) is 0 Å². The number of carbonyl (C=O) groups is 1. The number of aryl methyl sites for hydroxylation is 2. The van der Waals surface area contributed by atoms with Crippen molar-refractivity contribution in [2.45, 2.75) is 27.7 Å². The van der Waals surface area contributed by atoms with Gasteiger partial charge in [0.2, 0.25) is 0 Å². The molecule has 0 unspecified atom stereocenters. The summed E-state index contributed by atoms with van der Waals surface area (Å²) in [6.45, 7) is 8.09. The summed E-state index contributed by atoms with van der Waals surface area (Å²) in [7, 11) is 0. The van der Waals surface area contributed by atoms with Crippen LogP contribution in [0.5, 0.6) is 0 Å². The summed E-state index contributed by atoms with van der Waals surface area (Å²) in [5, 5.41) is 5.50. The number of amides is 2. The fourth-order valence-corrected chi connectivity index (χ4v) is 1.35. The number of urea groups is 1. The Hall–Kier alpha value is -1.77. The Labute approximate surface area is 103 Å². The van der Waals surface area contributed by atoms with Crippen LogP contribution in [-0.2, 0) is 0 Å². The number of benzene rings is 1. The summed E-state index contributed by atoms with van der Waals surface area (Å²) in [4.78, 5) is 11.6. The molecule has 1 rings (SSSR count). The molecule has 0 radical (unpaired) electrons. The first-order valence-electron chi connectivity index (χ1n) is 5.80. The highest BCUT2D eigenvalue weighted by molar-refractivity contribution is 5.90. The monoisotopic (exact) mass is 232 g/mol. The van der Waals surface area contributed by atoms with Gasteiger partial charge in [-0.3, -0.25) is 0 Å². The molecule has 0 aromatic heterocycles. The summed E-state index contributed by atoms with van der Waals surface area (Å²) < 4.78 is 0. The lowest BCUT2D eigenvalue weighted by Gasteiger charge is -2.08. The first-order chi connectivity index (χ1) is 7.99. The smallest absolute Gasteiger partial charge is 0.315 e. The summed E-state index contributed by atoms with van der Waals surface area (Å²) in [6, 6.07) is 5.77. The Bertz CT molecular complexity index is 422. The molecule has 0 spiro atoms. The molecule has 0 aliphatic rings. The van der Waals surface area contributed by atoms with Gasteiger partial charge in [-0.25, -0.2) is 4.79 Å². The van der Waals surface area contributed by atoms with Gasteiger partial charge in [-0.05, 0) is 37.0 Å². The van der Waals surface area contributed by atoms with Crippen LogP contribution in [0, 0.1) is 19.8 Å². The van der Waals surface area contributed by atoms with E-state index in [4.69, 9.17) is 0 Å². The van der Waals surface area contributed by atoms with E-state index >= 15 is 0 Å². The highest BCUT2D eigenvalue weighted by atomic mass is 16.2. The summed E-state index contributed by atoms with van der Waals surface area (Å²) in [6.07, 6.45) is 3.60. The zero-order valence-corrected chi connectivity index (χ0v) is 10.9. The zero-order chi connectivity index (χ0) is 12.8. The van der Waals surface area contributed by atoms with Crippen LogP contribution in [-0.4, -0.2) is 6.03 Å². The molecule has 0 fully saturated rings. The van der Waals surface area contributed by atoms with Crippen molar-refractivity contribution < 1.29 is 4.79 Å². The number of carbonyl (C=O) groups excluding carboxylic acids is 1. The fraction of sp³-hybridized carbons (Fsp3) is 0.357. The lowest BCUT2D eigenvalue weighted by atomic mass is 10.1. The van der Waals surface area contributed by atoms with Gasteiger partial charge in [0.15, 0.2) is 0 Å². The van der Waals surface area contributed by atoms with Crippen molar-refractivity contribution in [2.75, 3.05) is 5.32 Å². The van der Waals surface area contributed by atoms with Gasteiger partial charge >= 0.3 is 6.03 Å². The Kier molecular flexibility index (Phi) is 4.76. The lowest BCUT2D eigenvalue weighted by Crippen LogP contribution is -2.24. The molecule has 2 amide bonds. The van der Waals surface area contributed by atoms with E-state index in [1.54, 1.807) is 6.20 Å². The van der Waals surface area contributed by atoms with E-state index in [2.05, 4.69) is 24.5 Å². The predicted molar refractivity (Wildman–Crippen MR) is 72.0 cm³/mol. The highest BCUT2D eigenvalue weighted by Crippen LogP contribution is 2.15. The maximum Gasteiger partial charge on any atom is 0.323 e. The average Bonchev–Trinajstić information content (AvgIpc) is 2.23. The molecule has 17 heavy (non-hydrogen) atoms. The molecule has 0 bridgehead atoms. The number of rotatable bonds is 3. The minimum absolute atomic E-state index is 0.212. The molecule has 0 aliphatic heterocycles. The number of anilines is 1. The highest BCUT2D eigenvalue weighted by Gasteiger charge is 2.02. The minimum Gasteiger partial charge on any atom is -0.315 e. The van der Waals surface area contributed by atoms with Crippen molar-refractivity contribution in [3.63, 3.8) is 0 Å². The van der Waals surface area contributed by atoms with Crippen LogP contribution < -0.4 is 10.6 Å². The summed E-state index contributed by atoms with van der Waals surface area (Å²) in [5.41, 5.74) is 3.03. The van der Waals surface area contributed by atoms with E-state index in [0.717, 1.165) is 16.8 Å². The largest absolute Gasteiger partial charge is 0.323 e. The third-order valence-electron chi connectivity index (χ3n) is 2.34. The van der Waals surface area contributed by atoms with Crippen LogP contribution in [0.25, 0.3) is 0 Å². The minimum atomic E-state index is -0.212. The van der Waals surface area contributed by atoms with Crippen molar-refractivity contribution in [1.29, 1.82) is 0 Å². The quantitative estimate of drug-likeness (QED) is 0.821. The standard InChI is InChI=1S/C14H20N2O/c1-10(2)7-8-15-14(17)16-13-9-11(3)5-6-12(13)4/h5-10H,1-4H3,(H2,15,16,17)/b8-7+. The maximum atomic E-state index is 11.6. The lowest BCUT2D eigenvalue weighted by molar-refractivity contribution is 0.255. The number of nitrogens with one attached hydrogen (secondary N) is 2. The second-order valence-corrected chi connectivity index (χ2v) is 4.52. The third kappa shape index (κ3) is 4.72. The number of hydrogen-bond acceptors (Lipinski definition) is 1. The normalized spacial score (nSPS) is 10.9. The molecular formula is C14H20N2O. The fourth-order valence-electron chi connectivity index (χ4n) is 1.35. The summed E-state index contributed by atoms with van der Waals surface area (Å²) in [5.74, 6) is 0.427. The molecule has 0 saturated heterocycles. The van der Waals surface area contributed by atoms with Gasteiger partial charge < -0.3 is 10.6 Å². The van der Waals surface area contributed by atoms with E-state index in [1.165, 1.54) is 0 Å². The molecule has 92 valence electrons. The first kappa shape index (κ1) is 13.3. The number of allylic oxidation sites excluding steroid dienone is 1. The Morgan fingerprint density at radius 1 is 1.29 bits per heavy atom. The third-order valence-corrected chi connectivity index (χ3v) is 2.34. The van der Waals surface area contributed by atoms with E-state index < -0.39 is 0 Å². The first-order valence-corrected chi connectivity index (χ1v) is 5.80. The Balaban J connectivity index is 2.59. The van der Waals surface area contributed by atoms with Crippen molar-refractivity contribution >= 4 is 11.7 Å². The molecule has 0 aliphatic carbocycles. The Morgan fingerprint density at radius 3 is 2.65 bits per heavy atom. The van der Waals surface area contributed by atoms with Gasteiger partial charge in [0.05, 0.1) is 0 Å². The van der Waals surface area contributed by atoms with Gasteiger partial charge in [0, 0.05) is 11.9 Å². The maximum absolute atomic E-state index is 11.6. The van der Waals surface area contributed by atoms with Gasteiger partial charge in [0.1, 0.15) is 0 Å². The second kappa shape index (κ2) is 6.09. The molecule has 0 saturated carbocycles. The average molecular weight is 232 g/mol. The van der Waals surface area contributed by atoms with Crippen LogP contribution in [0.1, 0.15) is 25.0 Å². The van der Waals surface area contributed by atoms with Crippen LogP contribution in [0.2, 0.25) is 0 Å².